The van der Waals surface area contributed by atoms with E-state index in [1.54, 1.807) is 12.1 Å². The maximum atomic E-state index is 12.2. The Bertz CT molecular complexity index is 687. The van der Waals surface area contributed by atoms with Crippen LogP contribution in [0.1, 0.15) is 31.2 Å². The molecular weight excluding hydrogens is 296 g/mol. The van der Waals surface area contributed by atoms with Crippen molar-refractivity contribution in [3.05, 3.63) is 29.8 Å². The molecule has 1 aromatic rings. The Kier molecular flexibility index (Phi) is 2.67. The average molecular weight is 311 g/mol. The third-order valence-electron chi connectivity index (χ3n) is 4.53. The largest absolute Gasteiger partial charge is 0.349 e. The number of alkyl halides is 1. The number of halogens is 1. The van der Waals surface area contributed by atoms with Gasteiger partial charge in [-0.15, -0.1) is 16.0 Å². The van der Waals surface area contributed by atoms with Gasteiger partial charge in [0.2, 0.25) is 0 Å². The van der Waals surface area contributed by atoms with E-state index in [9.17, 15) is 8.42 Å². The third kappa shape index (κ3) is 1.72. The molecule has 0 aliphatic carbocycles. The molecule has 4 nitrogen and oxygen atoms in total. The van der Waals surface area contributed by atoms with Gasteiger partial charge in [-0.3, -0.25) is 0 Å². The van der Waals surface area contributed by atoms with Gasteiger partial charge in [0.15, 0.2) is 5.84 Å². The molecule has 3 heterocycles. The van der Waals surface area contributed by atoms with Gasteiger partial charge < -0.3 is 4.90 Å². The molecular formula is C14H15ClN2O2S. The Morgan fingerprint density at radius 3 is 2.50 bits per heavy atom. The summed E-state index contributed by atoms with van der Waals surface area (Å²) < 4.78 is 28.4. The smallest absolute Gasteiger partial charge is 0.285 e. The molecule has 3 aliphatic heterocycles. The Balaban J connectivity index is 1.81. The van der Waals surface area contributed by atoms with E-state index in [4.69, 9.17) is 11.6 Å². The van der Waals surface area contributed by atoms with Crippen molar-refractivity contribution in [1.82, 2.24) is 4.90 Å². The lowest BCUT2D eigenvalue weighted by atomic mass is 10.0. The molecule has 2 bridgehead atoms. The maximum Gasteiger partial charge on any atom is 0.285 e. The Labute approximate surface area is 123 Å². The zero-order valence-electron chi connectivity index (χ0n) is 10.9. The van der Waals surface area contributed by atoms with Crippen molar-refractivity contribution in [3.8, 4) is 0 Å². The molecule has 2 atom stereocenters. The van der Waals surface area contributed by atoms with Gasteiger partial charge in [0.25, 0.3) is 10.0 Å². The summed E-state index contributed by atoms with van der Waals surface area (Å²) in [6, 6.07) is 7.76. The van der Waals surface area contributed by atoms with Crippen molar-refractivity contribution < 1.29 is 8.42 Å². The van der Waals surface area contributed by atoms with Crippen LogP contribution in [0.3, 0.4) is 0 Å². The van der Waals surface area contributed by atoms with Crippen molar-refractivity contribution in [2.75, 3.05) is 0 Å². The molecule has 3 aliphatic rings. The van der Waals surface area contributed by atoms with Crippen LogP contribution in [0.15, 0.2) is 33.6 Å². The van der Waals surface area contributed by atoms with Crippen molar-refractivity contribution in [2.45, 2.75) is 48.0 Å². The van der Waals surface area contributed by atoms with Crippen LogP contribution < -0.4 is 0 Å². The molecule has 106 valence electrons. The number of sulfonamides is 1. The van der Waals surface area contributed by atoms with E-state index < -0.39 is 10.0 Å². The minimum Gasteiger partial charge on any atom is -0.349 e. The molecule has 2 fully saturated rings. The van der Waals surface area contributed by atoms with Gasteiger partial charge in [-0.05, 0) is 37.8 Å². The van der Waals surface area contributed by atoms with Crippen molar-refractivity contribution in [2.24, 2.45) is 4.40 Å². The van der Waals surface area contributed by atoms with Crippen LogP contribution in [0, 0.1) is 0 Å². The second-order valence-electron chi connectivity index (χ2n) is 5.75. The Morgan fingerprint density at radius 2 is 1.80 bits per heavy atom. The van der Waals surface area contributed by atoms with Gasteiger partial charge in [0, 0.05) is 23.0 Å². The second-order valence-corrected chi connectivity index (χ2v) is 7.94. The number of hydrogen-bond donors (Lipinski definition) is 0. The van der Waals surface area contributed by atoms with Gasteiger partial charge in [-0.25, -0.2) is 0 Å². The zero-order valence-corrected chi connectivity index (χ0v) is 12.4. The van der Waals surface area contributed by atoms with E-state index in [2.05, 4.69) is 9.30 Å². The van der Waals surface area contributed by atoms with Crippen molar-refractivity contribution >= 4 is 27.5 Å². The quantitative estimate of drug-likeness (QED) is 0.691. The fourth-order valence-electron chi connectivity index (χ4n) is 3.73. The number of hydrogen-bond acceptors (Lipinski definition) is 3. The molecule has 4 rings (SSSR count). The highest BCUT2D eigenvalue weighted by Crippen LogP contribution is 2.41. The number of nitrogens with zero attached hydrogens (tertiary/aromatic N) is 2. The van der Waals surface area contributed by atoms with Crippen molar-refractivity contribution in [1.29, 1.82) is 0 Å². The minimum absolute atomic E-state index is 0.206. The van der Waals surface area contributed by atoms with Crippen LogP contribution in [0.25, 0.3) is 0 Å². The van der Waals surface area contributed by atoms with Crippen LogP contribution in [0.4, 0.5) is 0 Å². The van der Waals surface area contributed by atoms with Crippen LogP contribution in [0.5, 0.6) is 0 Å². The SMILES string of the molecule is O=S1(=O)N=C(N2C3CCC2CC(Cl)C3)c2ccccc21. The van der Waals surface area contributed by atoms with Crippen molar-refractivity contribution in [3.63, 3.8) is 0 Å². The van der Waals surface area contributed by atoms with Crippen LogP contribution in [0.2, 0.25) is 0 Å². The first-order valence-electron chi connectivity index (χ1n) is 6.93. The lowest BCUT2D eigenvalue weighted by molar-refractivity contribution is 0.240. The number of amidine groups is 1. The fraction of sp³-hybridized carbons (Fsp3) is 0.500. The Morgan fingerprint density at radius 1 is 1.15 bits per heavy atom. The van der Waals surface area contributed by atoms with Crippen LogP contribution in [-0.2, 0) is 10.0 Å². The molecule has 6 heteroatoms. The van der Waals surface area contributed by atoms with E-state index in [0.29, 0.717) is 22.8 Å². The topological polar surface area (TPSA) is 49.7 Å². The number of fused-ring (bicyclic) bond motifs is 3. The number of benzene rings is 1. The molecule has 0 amide bonds. The molecule has 2 saturated heterocycles. The van der Waals surface area contributed by atoms with E-state index in [1.165, 1.54) is 0 Å². The van der Waals surface area contributed by atoms with E-state index in [1.807, 2.05) is 12.1 Å². The van der Waals surface area contributed by atoms with E-state index in [0.717, 1.165) is 31.2 Å². The molecule has 1 aromatic carbocycles. The molecule has 20 heavy (non-hydrogen) atoms. The molecule has 0 N–H and O–H groups in total. The van der Waals surface area contributed by atoms with Crippen LogP contribution >= 0.6 is 11.6 Å². The first kappa shape index (κ1) is 12.7. The predicted octanol–water partition coefficient (Wildman–Crippen LogP) is 2.37. The molecule has 0 aromatic heterocycles. The monoisotopic (exact) mass is 310 g/mol. The number of piperidine rings is 1. The second kappa shape index (κ2) is 4.21. The summed E-state index contributed by atoms with van der Waals surface area (Å²) >= 11 is 6.29. The normalized spacial score (nSPS) is 34.0. The lowest BCUT2D eigenvalue weighted by Crippen LogP contribution is -2.46. The first-order chi connectivity index (χ1) is 9.56. The molecule has 0 saturated carbocycles. The maximum absolute atomic E-state index is 12.2. The highest BCUT2D eigenvalue weighted by Gasteiger charge is 2.45. The molecule has 0 radical (unpaired) electrons. The lowest BCUT2D eigenvalue weighted by Gasteiger charge is -2.38. The van der Waals surface area contributed by atoms with Gasteiger partial charge in [-0.1, -0.05) is 12.1 Å². The molecule has 0 spiro atoms. The van der Waals surface area contributed by atoms with Gasteiger partial charge in [-0.2, -0.15) is 8.42 Å². The fourth-order valence-corrected chi connectivity index (χ4v) is 5.35. The average Bonchev–Trinajstić information content (AvgIpc) is 2.82. The zero-order chi connectivity index (χ0) is 13.9. The molecule has 2 unspecified atom stereocenters. The summed E-state index contributed by atoms with van der Waals surface area (Å²) in [4.78, 5) is 2.55. The first-order valence-corrected chi connectivity index (χ1v) is 8.81. The summed E-state index contributed by atoms with van der Waals surface area (Å²) in [5, 5.41) is 0.206. The third-order valence-corrected chi connectivity index (χ3v) is 6.21. The predicted molar refractivity (Wildman–Crippen MR) is 77.7 cm³/mol. The minimum atomic E-state index is -3.52. The van der Waals surface area contributed by atoms with E-state index >= 15 is 0 Å². The van der Waals surface area contributed by atoms with E-state index in [-0.39, 0.29) is 5.38 Å². The standard InChI is InChI=1S/C14H15ClN2O2S/c15-9-7-10-5-6-11(8-9)17(10)14-12-3-1-2-4-13(12)20(18,19)16-14/h1-4,9-11H,5-8H2. The summed E-state index contributed by atoms with van der Waals surface area (Å²) in [5.41, 5.74) is 0.748. The summed E-state index contributed by atoms with van der Waals surface area (Å²) in [7, 11) is -3.52. The van der Waals surface area contributed by atoms with Gasteiger partial charge in [0.1, 0.15) is 4.90 Å². The summed E-state index contributed by atoms with van der Waals surface area (Å²) in [6.45, 7) is 0. The van der Waals surface area contributed by atoms with Gasteiger partial charge >= 0.3 is 0 Å². The Hall–Kier alpha value is -1.07. The summed E-state index contributed by atoms with van der Waals surface area (Å²) in [5.74, 6) is 0.636. The highest BCUT2D eigenvalue weighted by molar-refractivity contribution is 7.90. The van der Waals surface area contributed by atoms with Gasteiger partial charge in [0.05, 0.1) is 0 Å². The summed E-state index contributed by atoms with van der Waals surface area (Å²) in [6.07, 6.45) is 3.99. The van der Waals surface area contributed by atoms with Crippen LogP contribution in [-0.4, -0.2) is 36.6 Å². The highest BCUT2D eigenvalue weighted by atomic mass is 35.5. The number of rotatable bonds is 0.